The van der Waals surface area contributed by atoms with Gasteiger partial charge in [0, 0.05) is 18.3 Å². The molecule has 5 nitrogen and oxygen atoms in total. The van der Waals surface area contributed by atoms with E-state index in [4.69, 9.17) is 9.47 Å². The van der Waals surface area contributed by atoms with E-state index in [1.165, 1.54) is 0 Å². The van der Waals surface area contributed by atoms with E-state index in [1.807, 2.05) is 67.6 Å². The van der Waals surface area contributed by atoms with E-state index in [2.05, 4.69) is 10.3 Å². The summed E-state index contributed by atoms with van der Waals surface area (Å²) in [6, 6.07) is 18.8. The maximum absolute atomic E-state index is 12.1. The number of nitrogens with zero attached hydrogens (tertiary/aromatic N) is 1. The number of nitrogens with one attached hydrogen (secondary N) is 1. The predicted octanol–water partition coefficient (Wildman–Crippen LogP) is 4.98. The summed E-state index contributed by atoms with van der Waals surface area (Å²) in [7, 11) is 0. The molecule has 1 heterocycles. The van der Waals surface area contributed by atoms with Gasteiger partial charge in [-0.05, 0) is 61.4 Å². The highest BCUT2D eigenvalue weighted by Crippen LogP contribution is 2.26. The van der Waals surface area contributed by atoms with Crippen molar-refractivity contribution in [3.05, 3.63) is 78.6 Å². The van der Waals surface area contributed by atoms with E-state index in [1.54, 1.807) is 12.4 Å². The molecular weight excluding hydrogens is 340 g/mol. The van der Waals surface area contributed by atoms with Crippen molar-refractivity contribution in [3.8, 4) is 17.2 Å². The van der Waals surface area contributed by atoms with Crippen LogP contribution in [0.3, 0.4) is 0 Å². The van der Waals surface area contributed by atoms with Gasteiger partial charge in [-0.2, -0.15) is 0 Å². The third-order valence-corrected chi connectivity index (χ3v) is 3.88. The lowest BCUT2D eigenvalue weighted by Gasteiger charge is -2.11. The number of aromatic nitrogens is 1. The number of rotatable bonds is 8. The molecule has 0 bridgehead atoms. The zero-order valence-electron chi connectivity index (χ0n) is 15.2. The predicted molar refractivity (Wildman–Crippen MR) is 105 cm³/mol. The molecule has 0 aliphatic rings. The number of amides is 1. The second-order valence-corrected chi connectivity index (χ2v) is 6.08. The van der Waals surface area contributed by atoms with Crippen molar-refractivity contribution in [1.29, 1.82) is 0 Å². The molecule has 5 heteroatoms. The molecule has 0 saturated heterocycles. The number of pyridine rings is 1. The first kappa shape index (κ1) is 18.5. The van der Waals surface area contributed by atoms with Crippen LogP contribution in [0.5, 0.6) is 17.2 Å². The fourth-order valence-corrected chi connectivity index (χ4v) is 2.54. The van der Waals surface area contributed by atoms with E-state index < -0.39 is 0 Å². The zero-order chi connectivity index (χ0) is 18.9. The minimum absolute atomic E-state index is 0.0352. The Labute approximate surface area is 159 Å². The van der Waals surface area contributed by atoms with Crippen LogP contribution in [0.15, 0.2) is 73.1 Å². The van der Waals surface area contributed by atoms with Crippen molar-refractivity contribution in [2.45, 2.75) is 19.8 Å². The normalized spacial score (nSPS) is 10.3. The summed E-state index contributed by atoms with van der Waals surface area (Å²) in [5, 5.41) is 2.91. The van der Waals surface area contributed by atoms with Crippen molar-refractivity contribution in [2.24, 2.45) is 0 Å². The third kappa shape index (κ3) is 5.85. The summed E-state index contributed by atoms with van der Waals surface area (Å²) < 4.78 is 11.4. The lowest BCUT2D eigenvalue weighted by molar-refractivity contribution is -0.116. The first-order valence-corrected chi connectivity index (χ1v) is 8.87. The van der Waals surface area contributed by atoms with Gasteiger partial charge < -0.3 is 14.8 Å². The summed E-state index contributed by atoms with van der Waals surface area (Å²) in [6.07, 6.45) is 4.41. The smallest absolute Gasteiger partial charge is 0.224 e. The number of hydrogen-bond donors (Lipinski definition) is 1. The Morgan fingerprint density at radius 1 is 1.04 bits per heavy atom. The fourth-order valence-electron chi connectivity index (χ4n) is 2.54. The molecule has 3 aromatic rings. The summed E-state index contributed by atoms with van der Waals surface area (Å²) in [6.45, 7) is 2.45. The molecule has 0 unspecified atom stereocenters. The molecule has 138 valence electrons. The maximum Gasteiger partial charge on any atom is 0.224 e. The molecule has 1 aromatic heterocycles. The molecule has 2 aromatic carbocycles. The van der Waals surface area contributed by atoms with Crippen molar-refractivity contribution >= 4 is 11.6 Å². The fraction of sp³-hybridized carbons (Fsp3) is 0.182. The molecule has 0 radical (unpaired) electrons. The minimum Gasteiger partial charge on any atom is -0.494 e. The van der Waals surface area contributed by atoms with Gasteiger partial charge in [0.25, 0.3) is 0 Å². The van der Waals surface area contributed by atoms with Gasteiger partial charge in [-0.1, -0.05) is 18.2 Å². The van der Waals surface area contributed by atoms with Crippen molar-refractivity contribution in [1.82, 2.24) is 4.98 Å². The molecule has 0 fully saturated rings. The van der Waals surface area contributed by atoms with Crippen LogP contribution in [0.1, 0.15) is 18.4 Å². The van der Waals surface area contributed by atoms with E-state index >= 15 is 0 Å². The third-order valence-electron chi connectivity index (χ3n) is 3.88. The Hall–Kier alpha value is -3.34. The second-order valence-electron chi connectivity index (χ2n) is 6.08. The van der Waals surface area contributed by atoms with Crippen LogP contribution in [0.25, 0.3) is 0 Å². The lowest BCUT2D eigenvalue weighted by Crippen LogP contribution is -2.13. The molecule has 0 atom stereocenters. The Kier molecular flexibility index (Phi) is 6.41. The molecule has 0 saturated carbocycles. The number of benzene rings is 2. The largest absolute Gasteiger partial charge is 0.494 e. The van der Waals surface area contributed by atoms with Crippen LogP contribution in [0.4, 0.5) is 5.69 Å². The van der Waals surface area contributed by atoms with Crippen LogP contribution in [-0.4, -0.2) is 17.5 Å². The molecule has 0 aliphatic heterocycles. The van der Waals surface area contributed by atoms with Gasteiger partial charge in [0.15, 0.2) is 0 Å². The van der Waals surface area contributed by atoms with Crippen molar-refractivity contribution in [2.75, 3.05) is 11.9 Å². The average molecular weight is 362 g/mol. The summed E-state index contributed by atoms with van der Waals surface area (Å²) in [4.78, 5) is 16.1. The van der Waals surface area contributed by atoms with Gasteiger partial charge >= 0.3 is 0 Å². The van der Waals surface area contributed by atoms with E-state index in [9.17, 15) is 4.79 Å². The number of aryl methyl sites for hydroxylation is 1. The zero-order valence-corrected chi connectivity index (χ0v) is 15.2. The molecule has 0 spiro atoms. The lowest BCUT2D eigenvalue weighted by atomic mass is 10.2. The summed E-state index contributed by atoms with van der Waals surface area (Å²) >= 11 is 0. The number of para-hydroxylation sites is 1. The maximum atomic E-state index is 12.1. The van der Waals surface area contributed by atoms with E-state index in [0.717, 1.165) is 22.7 Å². The Bertz CT molecular complexity index is 867. The quantitative estimate of drug-likeness (QED) is 0.574. The van der Waals surface area contributed by atoms with Gasteiger partial charge in [0.05, 0.1) is 12.8 Å². The van der Waals surface area contributed by atoms with Gasteiger partial charge in [0.1, 0.15) is 17.2 Å². The number of carbonyl (C=O) groups is 1. The Morgan fingerprint density at radius 3 is 2.59 bits per heavy atom. The van der Waals surface area contributed by atoms with Gasteiger partial charge in [-0.3, -0.25) is 9.78 Å². The van der Waals surface area contributed by atoms with Crippen LogP contribution in [0.2, 0.25) is 0 Å². The molecule has 0 aliphatic carbocycles. The summed E-state index contributed by atoms with van der Waals surface area (Å²) in [5.41, 5.74) is 1.68. The molecule has 1 amide bonds. The van der Waals surface area contributed by atoms with Gasteiger partial charge in [-0.15, -0.1) is 0 Å². The van der Waals surface area contributed by atoms with E-state index in [-0.39, 0.29) is 5.91 Å². The number of ether oxygens (including phenoxy) is 2. The first-order valence-electron chi connectivity index (χ1n) is 8.87. The highest BCUT2D eigenvalue weighted by Gasteiger charge is 2.06. The van der Waals surface area contributed by atoms with Crippen molar-refractivity contribution < 1.29 is 14.3 Å². The van der Waals surface area contributed by atoms with Gasteiger partial charge in [0.2, 0.25) is 5.91 Å². The summed E-state index contributed by atoms with van der Waals surface area (Å²) in [5.74, 6) is 2.19. The average Bonchev–Trinajstić information content (AvgIpc) is 2.69. The Balaban J connectivity index is 1.45. The number of carbonyl (C=O) groups excluding carboxylic acids is 1. The molecule has 27 heavy (non-hydrogen) atoms. The number of hydrogen-bond acceptors (Lipinski definition) is 4. The Morgan fingerprint density at radius 2 is 1.85 bits per heavy atom. The van der Waals surface area contributed by atoms with Crippen LogP contribution >= 0.6 is 0 Å². The molecule has 3 rings (SSSR count). The van der Waals surface area contributed by atoms with Crippen LogP contribution in [-0.2, 0) is 4.79 Å². The standard InChI is InChI=1S/C22H22N2O3/c1-17-15-18(11-12-21(17)27-20-9-5-13-23-16-20)24-22(25)10-6-14-26-19-7-3-2-4-8-19/h2-5,7-9,11-13,15-16H,6,10,14H2,1H3,(H,24,25). The van der Waals surface area contributed by atoms with E-state index in [0.29, 0.717) is 25.2 Å². The SMILES string of the molecule is Cc1cc(NC(=O)CCCOc2ccccc2)ccc1Oc1cccnc1. The topological polar surface area (TPSA) is 60.5 Å². The van der Waals surface area contributed by atoms with Crippen molar-refractivity contribution in [3.63, 3.8) is 0 Å². The van der Waals surface area contributed by atoms with Crippen LogP contribution in [0, 0.1) is 6.92 Å². The monoisotopic (exact) mass is 362 g/mol. The second kappa shape index (κ2) is 9.38. The first-order chi connectivity index (χ1) is 13.2. The number of anilines is 1. The van der Waals surface area contributed by atoms with Crippen LogP contribution < -0.4 is 14.8 Å². The minimum atomic E-state index is -0.0352. The molecule has 1 N–H and O–H groups in total. The molecular formula is C22H22N2O3. The highest BCUT2D eigenvalue weighted by atomic mass is 16.5. The van der Waals surface area contributed by atoms with Gasteiger partial charge in [-0.25, -0.2) is 0 Å². The highest BCUT2D eigenvalue weighted by molar-refractivity contribution is 5.90.